The Bertz CT molecular complexity index is 1370. The normalized spacial score (nSPS) is 14.0. The zero-order chi connectivity index (χ0) is 31.8. The molecule has 0 radical (unpaired) electrons. The Balaban J connectivity index is 1.75. The monoisotopic (exact) mass is 636 g/mol. The third-order valence-corrected chi connectivity index (χ3v) is 9.38. The number of unbranched alkanes of at least 4 members (excludes halogenated alkanes) is 4. The van der Waals surface area contributed by atoms with Crippen LogP contribution in [0.5, 0.6) is 0 Å². The van der Waals surface area contributed by atoms with Crippen molar-refractivity contribution in [2.75, 3.05) is 59.8 Å². The Hall–Kier alpha value is -2.99. The Labute approximate surface area is 260 Å². The molecule has 0 aromatic heterocycles. The van der Waals surface area contributed by atoms with Crippen molar-refractivity contribution in [3.63, 3.8) is 0 Å². The highest BCUT2D eigenvalue weighted by atomic mass is 32.2. The summed E-state index contributed by atoms with van der Waals surface area (Å²) in [6.45, 7) is 9.51. The topological polar surface area (TPSA) is 99.3 Å². The van der Waals surface area contributed by atoms with E-state index in [9.17, 15) is 22.4 Å². The summed E-state index contributed by atoms with van der Waals surface area (Å²) in [7, 11) is -2.28. The number of rotatable bonds is 12. The lowest BCUT2D eigenvalue weighted by atomic mass is 10.1. The third kappa shape index (κ3) is 10.3. The highest BCUT2D eigenvalue weighted by Gasteiger charge is 2.27. The fourth-order valence-electron chi connectivity index (χ4n) is 4.61. The lowest BCUT2D eigenvalue weighted by Crippen LogP contribution is -2.50. The van der Waals surface area contributed by atoms with Crippen molar-refractivity contribution in [2.45, 2.75) is 70.3 Å². The van der Waals surface area contributed by atoms with Gasteiger partial charge in [-0.3, -0.25) is 9.10 Å². The molecule has 1 N–H and O–H groups in total. The van der Waals surface area contributed by atoms with Gasteiger partial charge in [0, 0.05) is 49.5 Å². The number of sulfonamides is 1. The van der Waals surface area contributed by atoms with Gasteiger partial charge in [-0.25, -0.2) is 17.6 Å². The number of nitrogens with zero attached hydrogens (tertiary/aromatic N) is 3. The summed E-state index contributed by atoms with van der Waals surface area (Å²) in [4.78, 5) is 30.2. The summed E-state index contributed by atoms with van der Waals surface area (Å²) in [5.74, 6) is -0.149. The van der Waals surface area contributed by atoms with Gasteiger partial charge in [0.15, 0.2) is 0 Å². The molecule has 2 aromatic rings. The van der Waals surface area contributed by atoms with Crippen LogP contribution in [-0.2, 0) is 14.8 Å². The first kappa shape index (κ1) is 34.5. The summed E-state index contributed by atoms with van der Waals surface area (Å²) >= 11 is 1.46. The van der Waals surface area contributed by atoms with Crippen LogP contribution in [0.25, 0.3) is 0 Å². The molecule has 0 aliphatic carbocycles. The first-order chi connectivity index (χ1) is 20.2. The summed E-state index contributed by atoms with van der Waals surface area (Å²) in [6, 6.07) is 9.58. The van der Waals surface area contributed by atoms with Gasteiger partial charge in [-0.05, 0) is 69.3 Å². The molecular weight excluding hydrogens is 591 g/mol. The minimum absolute atomic E-state index is 0.130. The van der Waals surface area contributed by atoms with Gasteiger partial charge in [0.05, 0.1) is 17.5 Å². The molecule has 0 spiro atoms. The molecule has 0 atom stereocenters. The van der Waals surface area contributed by atoms with E-state index in [0.717, 1.165) is 29.2 Å². The number of carbonyl (C=O) groups excluding carboxylic acids is 2. The molecule has 1 saturated heterocycles. The number of halogens is 1. The van der Waals surface area contributed by atoms with E-state index in [1.165, 1.54) is 44.1 Å². The summed E-state index contributed by atoms with van der Waals surface area (Å²) in [5, 5.41) is 2.74. The van der Waals surface area contributed by atoms with Gasteiger partial charge in [-0.15, -0.1) is 11.8 Å². The third-order valence-electron chi connectivity index (χ3n) is 7.05. The van der Waals surface area contributed by atoms with Crippen molar-refractivity contribution in [3.05, 3.63) is 47.8 Å². The average molecular weight is 637 g/mol. The van der Waals surface area contributed by atoms with E-state index >= 15 is 0 Å². The van der Waals surface area contributed by atoms with Crippen molar-refractivity contribution in [2.24, 2.45) is 0 Å². The number of ether oxygens (including phenoxy) is 1. The van der Waals surface area contributed by atoms with Crippen LogP contribution in [0.3, 0.4) is 0 Å². The SMILES string of the molecule is CCCCCCCSc1ccc(NC(=O)c2cc(N3CCN(C(=O)OC(C)(C)C)CC3)ccc2N(C)S(C)(=O)=O)cc1F. The molecule has 0 bridgehead atoms. The zero-order valence-electron chi connectivity index (χ0n) is 26.1. The van der Waals surface area contributed by atoms with Gasteiger partial charge in [0.25, 0.3) is 5.91 Å². The number of amides is 2. The standard InChI is InChI=1S/C31H45FN4O5S2/c1-7-8-9-10-11-20-42-28-15-12-23(21-26(28)32)33-29(37)25-22-24(13-14-27(25)34(5)43(6,39)40)35-16-18-36(19-17-35)30(38)41-31(2,3)4/h12-15,21-22H,7-11,16-20H2,1-6H3,(H,33,37). The lowest BCUT2D eigenvalue weighted by molar-refractivity contribution is 0.0240. The number of carbonyl (C=O) groups is 2. The number of nitrogens with one attached hydrogen (secondary N) is 1. The van der Waals surface area contributed by atoms with Gasteiger partial charge >= 0.3 is 6.09 Å². The molecule has 3 rings (SSSR count). The molecule has 1 heterocycles. The number of anilines is 3. The quantitative estimate of drug-likeness (QED) is 0.207. The summed E-state index contributed by atoms with van der Waals surface area (Å²) < 4.78 is 46.2. The van der Waals surface area contributed by atoms with E-state index in [4.69, 9.17) is 4.74 Å². The second-order valence-electron chi connectivity index (χ2n) is 11.7. The summed E-state index contributed by atoms with van der Waals surface area (Å²) in [5.41, 5.74) is 0.724. The Kier molecular flexibility index (Phi) is 12.1. The Morgan fingerprint density at radius 1 is 1.02 bits per heavy atom. The maximum atomic E-state index is 14.9. The molecule has 2 aromatic carbocycles. The van der Waals surface area contributed by atoms with Gasteiger partial charge in [-0.1, -0.05) is 32.6 Å². The molecule has 0 saturated carbocycles. The number of benzene rings is 2. The molecule has 43 heavy (non-hydrogen) atoms. The van der Waals surface area contributed by atoms with E-state index in [1.807, 2.05) is 25.7 Å². The van der Waals surface area contributed by atoms with Crippen molar-refractivity contribution in [1.29, 1.82) is 0 Å². The van der Waals surface area contributed by atoms with Crippen LogP contribution in [0.15, 0.2) is 41.3 Å². The van der Waals surface area contributed by atoms with E-state index < -0.39 is 27.3 Å². The predicted octanol–water partition coefficient (Wildman–Crippen LogP) is 6.59. The molecule has 12 heteroatoms. The molecule has 2 amide bonds. The zero-order valence-corrected chi connectivity index (χ0v) is 27.7. The van der Waals surface area contributed by atoms with Crippen LogP contribution in [-0.4, -0.2) is 76.2 Å². The van der Waals surface area contributed by atoms with E-state index in [0.29, 0.717) is 36.8 Å². The number of piperazine rings is 1. The van der Waals surface area contributed by atoms with Crippen LogP contribution in [0.4, 0.5) is 26.2 Å². The van der Waals surface area contributed by atoms with Gasteiger partial charge < -0.3 is 19.9 Å². The molecule has 0 unspecified atom stereocenters. The number of thioether (sulfide) groups is 1. The van der Waals surface area contributed by atoms with Crippen molar-refractivity contribution < 1.29 is 27.1 Å². The molecule has 9 nitrogen and oxygen atoms in total. The molecule has 1 aliphatic rings. The predicted molar refractivity (Wildman–Crippen MR) is 174 cm³/mol. The largest absolute Gasteiger partial charge is 0.444 e. The van der Waals surface area contributed by atoms with Gasteiger partial charge in [0.2, 0.25) is 10.0 Å². The van der Waals surface area contributed by atoms with E-state index in [-0.39, 0.29) is 23.0 Å². The van der Waals surface area contributed by atoms with E-state index in [1.54, 1.807) is 35.2 Å². The van der Waals surface area contributed by atoms with Crippen LogP contribution in [0.1, 0.15) is 70.2 Å². The maximum Gasteiger partial charge on any atom is 0.410 e. The van der Waals surface area contributed by atoms with Crippen LogP contribution in [0, 0.1) is 5.82 Å². The minimum Gasteiger partial charge on any atom is -0.444 e. The molecule has 1 fully saturated rings. The lowest BCUT2D eigenvalue weighted by Gasteiger charge is -2.37. The van der Waals surface area contributed by atoms with Crippen LogP contribution in [0.2, 0.25) is 0 Å². The van der Waals surface area contributed by atoms with Crippen molar-refractivity contribution in [1.82, 2.24) is 4.90 Å². The highest BCUT2D eigenvalue weighted by molar-refractivity contribution is 7.99. The number of hydrogen-bond acceptors (Lipinski definition) is 7. The first-order valence-electron chi connectivity index (χ1n) is 14.7. The van der Waals surface area contributed by atoms with Gasteiger partial charge in [-0.2, -0.15) is 0 Å². The van der Waals surface area contributed by atoms with Crippen molar-refractivity contribution >= 4 is 50.8 Å². The fourth-order valence-corrected chi connectivity index (χ4v) is 6.06. The summed E-state index contributed by atoms with van der Waals surface area (Å²) in [6.07, 6.45) is 6.41. The Morgan fingerprint density at radius 2 is 1.70 bits per heavy atom. The number of hydrogen-bond donors (Lipinski definition) is 1. The molecule has 238 valence electrons. The second kappa shape index (κ2) is 15.1. The minimum atomic E-state index is -3.66. The van der Waals surface area contributed by atoms with Crippen molar-refractivity contribution in [3.8, 4) is 0 Å². The average Bonchev–Trinajstić information content (AvgIpc) is 2.94. The maximum absolute atomic E-state index is 14.9. The first-order valence-corrected chi connectivity index (χ1v) is 17.6. The fraction of sp³-hybridized carbons (Fsp3) is 0.548. The highest BCUT2D eigenvalue weighted by Crippen LogP contribution is 2.30. The molecule has 1 aliphatic heterocycles. The van der Waals surface area contributed by atoms with Gasteiger partial charge in [0.1, 0.15) is 11.4 Å². The Morgan fingerprint density at radius 3 is 2.30 bits per heavy atom. The second-order valence-corrected chi connectivity index (χ2v) is 14.9. The smallest absolute Gasteiger partial charge is 0.410 e. The van der Waals surface area contributed by atoms with Crippen LogP contribution < -0.4 is 14.5 Å². The van der Waals surface area contributed by atoms with E-state index in [2.05, 4.69) is 12.2 Å². The molecular formula is C31H45FN4O5S2. The van der Waals surface area contributed by atoms with Crippen LogP contribution >= 0.6 is 11.8 Å².